The molecular weight excluding hydrogens is 233 g/mol. The number of hydrogen-bond acceptors (Lipinski definition) is 3. The van der Waals surface area contributed by atoms with Gasteiger partial charge in [0.2, 0.25) is 0 Å². The van der Waals surface area contributed by atoms with E-state index in [1.54, 1.807) is 12.1 Å². The summed E-state index contributed by atoms with van der Waals surface area (Å²) in [5.74, 6) is 0.358. The molecule has 0 bridgehead atoms. The molecule has 0 spiro atoms. The molecule has 2 aromatic rings. The lowest BCUT2D eigenvalue weighted by molar-refractivity contribution is 0.0368. The van der Waals surface area contributed by atoms with Crippen LogP contribution in [-0.4, -0.2) is 12.7 Å². The van der Waals surface area contributed by atoms with Gasteiger partial charge in [-0.15, -0.1) is 0 Å². The Hall–Kier alpha value is -1.39. The van der Waals surface area contributed by atoms with Crippen LogP contribution in [0.1, 0.15) is 32.1 Å². The van der Waals surface area contributed by atoms with Crippen LogP contribution >= 0.6 is 0 Å². The predicted molar refractivity (Wildman–Crippen MR) is 68.8 cm³/mol. The lowest BCUT2D eigenvalue weighted by Crippen LogP contribution is -2.28. The van der Waals surface area contributed by atoms with Gasteiger partial charge in [0.15, 0.2) is 0 Å². The highest BCUT2D eigenvalue weighted by Gasteiger charge is 2.21. The van der Waals surface area contributed by atoms with Gasteiger partial charge in [-0.1, -0.05) is 6.92 Å². The highest BCUT2D eigenvalue weighted by atomic mass is 19.1. The fraction of sp³-hybridized carbons (Fsp3) is 0.429. The maximum Gasteiger partial charge on any atom is 0.134 e. The van der Waals surface area contributed by atoms with Crippen LogP contribution in [0.2, 0.25) is 0 Å². The standard InChI is InChI=1S/C14H18FNO2/c1-3-11(17-4-2)14(16)13-8-9-7-10(15)5-6-12(9)18-13/h5-8,11,14H,3-4,16H2,1-2H3. The summed E-state index contributed by atoms with van der Waals surface area (Å²) in [5.41, 5.74) is 6.77. The molecule has 0 radical (unpaired) electrons. The van der Waals surface area contributed by atoms with Gasteiger partial charge in [-0.25, -0.2) is 4.39 Å². The van der Waals surface area contributed by atoms with Gasteiger partial charge in [-0.3, -0.25) is 0 Å². The van der Waals surface area contributed by atoms with Crippen LogP contribution in [0.5, 0.6) is 0 Å². The maximum absolute atomic E-state index is 13.1. The van der Waals surface area contributed by atoms with Gasteiger partial charge in [-0.2, -0.15) is 0 Å². The summed E-state index contributed by atoms with van der Waals surface area (Å²) in [4.78, 5) is 0. The number of halogens is 1. The average molecular weight is 251 g/mol. The highest BCUT2D eigenvalue weighted by molar-refractivity contribution is 5.78. The van der Waals surface area contributed by atoms with Crippen molar-refractivity contribution in [1.29, 1.82) is 0 Å². The Kier molecular flexibility index (Phi) is 3.99. The van der Waals surface area contributed by atoms with Crippen LogP contribution in [0.25, 0.3) is 11.0 Å². The average Bonchev–Trinajstić information content (AvgIpc) is 2.77. The maximum atomic E-state index is 13.1. The van der Waals surface area contributed by atoms with E-state index in [2.05, 4.69) is 0 Å². The monoisotopic (exact) mass is 251 g/mol. The summed E-state index contributed by atoms with van der Waals surface area (Å²) < 4.78 is 24.3. The first-order valence-electron chi connectivity index (χ1n) is 6.21. The van der Waals surface area contributed by atoms with Crippen LogP contribution in [-0.2, 0) is 4.74 Å². The Bertz CT molecular complexity index is 523. The molecule has 1 aromatic carbocycles. The molecule has 2 rings (SSSR count). The number of nitrogens with two attached hydrogens (primary N) is 1. The van der Waals surface area contributed by atoms with Gasteiger partial charge < -0.3 is 14.9 Å². The van der Waals surface area contributed by atoms with Crippen LogP contribution in [0.3, 0.4) is 0 Å². The van der Waals surface area contributed by atoms with E-state index >= 15 is 0 Å². The third-order valence-electron chi connectivity index (χ3n) is 3.01. The smallest absolute Gasteiger partial charge is 0.134 e. The van der Waals surface area contributed by atoms with E-state index < -0.39 is 0 Å². The fourth-order valence-corrected chi connectivity index (χ4v) is 2.07. The Balaban J connectivity index is 2.29. The third-order valence-corrected chi connectivity index (χ3v) is 3.01. The largest absolute Gasteiger partial charge is 0.459 e. The minimum atomic E-state index is -0.328. The molecule has 2 unspecified atom stereocenters. The quantitative estimate of drug-likeness (QED) is 0.886. The molecule has 0 aliphatic carbocycles. The molecule has 0 aliphatic rings. The molecule has 1 aromatic heterocycles. The van der Waals surface area contributed by atoms with Crippen molar-refractivity contribution in [2.75, 3.05) is 6.61 Å². The van der Waals surface area contributed by atoms with Gasteiger partial charge in [-0.05, 0) is 37.6 Å². The Morgan fingerprint density at radius 3 is 2.78 bits per heavy atom. The fourth-order valence-electron chi connectivity index (χ4n) is 2.07. The number of ether oxygens (including phenoxy) is 1. The molecule has 0 saturated carbocycles. The molecule has 3 nitrogen and oxygen atoms in total. The summed E-state index contributed by atoms with van der Waals surface area (Å²) in [6.45, 7) is 4.56. The van der Waals surface area contributed by atoms with Crippen LogP contribution in [0.15, 0.2) is 28.7 Å². The molecule has 18 heavy (non-hydrogen) atoms. The molecule has 2 atom stereocenters. The second-order valence-electron chi connectivity index (χ2n) is 4.26. The Morgan fingerprint density at radius 1 is 1.33 bits per heavy atom. The zero-order valence-corrected chi connectivity index (χ0v) is 10.7. The summed E-state index contributed by atoms with van der Waals surface area (Å²) >= 11 is 0. The number of rotatable bonds is 5. The van der Waals surface area contributed by atoms with E-state index in [1.165, 1.54) is 12.1 Å². The van der Waals surface area contributed by atoms with Crippen molar-refractivity contribution in [3.05, 3.63) is 35.8 Å². The van der Waals surface area contributed by atoms with E-state index in [0.717, 1.165) is 11.8 Å². The lowest BCUT2D eigenvalue weighted by Gasteiger charge is -2.20. The molecule has 1 heterocycles. The molecule has 4 heteroatoms. The first-order chi connectivity index (χ1) is 8.65. The minimum absolute atomic E-state index is 0.0830. The number of furan rings is 1. The van der Waals surface area contributed by atoms with Crippen molar-refractivity contribution < 1.29 is 13.5 Å². The molecule has 0 fully saturated rings. The van der Waals surface area contributed by atoms with Crippen molar-refractivity contribution in [2.45, 2.75) is 32.4 Å². The highest BCUT2D eigenvalue weighted by Crippen LogP contribution is 2.27. The van der Waals surface area contributed by atoms with Gasteiger partial charge >= 0.3 is 0 Å². The first-order valence-corrected chi connectivity index (χ1v) is 6.21. The molecular formula is C14H18FNO2. The van der Waals surface area contributed by atoms with Gasteiger partial charge in [0.1, 0.15) is 17.2 Å². The minimum Gasteiger partial charge on any atom is -0.459 e. The SMILES string of the molecule is CCOC(CC)C(N)c1cc2cc(F)ccc2o1. The van der Waals surface area contributed by atoms with E-state index in [1.807, 2.05) is 13.8 Å². The van der Waals surface area contributed by atoms with Gasteiger partial charge in [0.05, 0.1) is 12.1 Å². The molecule has 0 aliphatic heterocycles. The molecule has 0 amide bonds. The van der Waals surface area contributed by atoms with E-state index in [-0.39, 0.29) is 18.0 Å². The predicted octanol–water partition coefficient (Wildman–Crippen LogP) is 3.39. The topological polar surface area (TPSA) is 48.4 Å². The van der Waals surface area contributed by atoms with E-state index in [4.69, 9.17) is 14.9 Å². The van der Waals surface area contributed by atoms with Crippen LogP contribution < -0.4 is 5.73 Å². The summed E-state index contributed by atoms with van der Waals surface area (Å²) in [6.07, 6.45) is 0.723. The second kappa shape index (κ2) is 5.50. The normalized spacial score (nSPS) is 14.9. The van der Waals surface area contributed by atoms with E-state index in [0.29, 0.717) is 18.0 Å². The number of benzene rings is 1. The van der Waals surface area contributed by atoms with Gasteiger partial charge in [0.25, 0.3) is 0 Å². The summed E-state index contributed by atoms with van der Waals surface area (Å²) in [5, 5.41) is 0.729. The number of fused-ring (bicyclic) bond motifs is 1. The summed E-state index contributed by atoms with van der Waals surface area (Å²) in [7, 11) is 0. The molecule has 2 N–H and O–H groups in total. The Morgan fingerprint density at radius 2 is 2.11 bits per heavy atom. The molecule has 0 saturated heterocycles. The van der Waals surface area contributed by atoms with Crippen molar-refractivity contribution >= 4 is 11.0 Å². The first kappa shape index (κ1) is 13.1. The van der Waals surface area contributed by atoms with Gasteiger partial charge in [0, 0.05) is 12.0 Å². The van der Waals surface area contributed by atoms with Crippen molar-refractivity contribution in [1.82, 2.24) is 0 Å². The lowest BCUT2D eigenvalue weighted by atomic mass is 10.1. The second-order valence-corrected chi connectivity index (χ2v) is 4.26. The van der Waals surface area contributed by atoms with Crippen LogP contribution in [0.4, 0.5) is 4.39 Å². The van der Waals surface area contributed by atoms with Crippen molar-refractivity contribution in [2.24, 2.45) is 5.73 Å². The van der Waals surface area contributed by atoms with Crippen molar-refractivity contribution in [3.8, 4) is 0 Å². The zero-order chi connectivity index (χ0) is 13.1. The zero-order valence-electron chi connectivity index (χ0n) is 10.7. The summed E-state index contributed by atoms with van der Waals surface area (Å²) in [6, 6.07) is 5.88. The van der Waals surface area contributed by atoms with E-state index in [9.17, 15) is 4.39 Å². The molecule has 98 valence electrons. The Labute approximate surface area is 106 Å². The van der Waals surface area contributed by atoms with Crippen LogP contribution in [0, 0.1) is 5.82 Å². The van der Waals surface area contributed by atoms with Crippen molar-refractivity contribution in [3.63, 3.8) is 0 Å². The third kappa shape index (κ3) is 2.54. The number of hydrogen-bond donors (Lipinski definition) is 1.